The van der Waals surface area contributed by atoms with Crippen molar-refractivity contribution in [3.8, 4) is 0 Å². The second-order valence-electron chi connectivity index (χ2n) is 11.2. The maximum absolute atomic E-state index is 11.0. The molecule has 0 spiro atoms. The van der Waals surface area contributed by atoms with Crippen molar-refractivity contribution >= 4 is 51.6 Å². The number of carbonyl (C=O) groups excluding carboxylic acids is 1. The average molecular weight is 617 g/mol. The molecule has 242 valence electrons. The molecule has 0 aliphatic rings. The second-order valence-corrected chi connectivity index (χ2v) is 12.7. The Bertz CT molecular complexity index is 656. The third-order valence-corrected chi connectivity index (χ3v) is 7.66. The summed E-state index contributed by atoms with van der Waals surface area (Å²) in [6.45, 7) is 4.71. The average Bonchev–Trinajstić information content (AvgIpc) is 2.88. The summed E-state index contributed by atoms with van der Waals surface area (Å²) < 4.78 is 33.9. The molecule has 0 aromatic heterocycles. The zero-order valence-electron chi connectivity index (χ0n) is 26.1. The summed E-state index contributed by atoms with van der Waals surface area (Å²) in [5.74, 6) is -2.49. The Kier molecular flexibility index (Phi) is 39.8. The fraction of sp³-hybridized carbons (Fsp3) is 0.938. The van der Waals surface area contributed by atoms with Crippen LogP contribution in [0.3, 0.4) is 0 Å². The third-order valence-electron chi connectivity index (χ3n) is 7.06. The van der Waals surface area contributed by atoms with Gasteiger partial charge in [0.2, 0.25) is 0 Å². The van der Waals surface area contributed by atoms with Crippen LogP contribution in [0.4, 0.5) is 0 Å². The zero-order chi connectivity index (χ0) is 30.2. The van der Waals surface area contributed by atoms with Gasteiger partial charge >= 0.3 is 41.5 Å². The van der Waals surface area contributed by atoms with E-state index in [2.05, 4.69) is 13.8 Å². The van der Waals surface area contributed by atoms with Gasteiger partial charge in [-0.1, -0.05) is 162 Å². The normalized spacial score (nSPS) is 10.9. The molecule has 0 saturated carbocycles. The zero-order valence-corrected chi connectivity index (χ0v) is 27.0. The minimum absolute atomic E-state index is 0. The Labute approximate surface area is 275 Å². The molecule has 0 aliphatic carbocycles. The first-order chi connectivity index (χ1) is 19.2. The van der Waals surface area contributed by atoms with Crippen molar-refractivity contribution in [1.82, 2.24) is 0 Å². The summed E-state index contributed by atoms with van der Waals surface area (Å²) in [5, 5.41) is 8.52. The van der Waals surface area contributed by atoms with Crippen LogP contribution in [0.1, 0.15) is 181 Å². The van der Waals surface area contributed by atoms with E-state index in [1.165, 1.54) is 128 Å². The Morgan fingerprint density at radius 1 is 0.537 bits per heavy atom. The van der Waals surface area contributed by atoms with Crippen LogP contribution in [0.2, 0.25) is 0 Å². The molecule has 0 aromatic rings. The first-order valence-electron chi connectivity index (χ1n) is 16.6. The maximum atomic E-state index is 11.0. The van der Waals surface area contributed by atoms with E-state index in [0.29, 0.717) is 6.42 Å². The van der Waals surface area contributed by atoms with Crippen LogP contribution in [0.5, 0.6) is 0 Å². The number of hydrogen-bond acceptors (Lipinski definition) is 5. The molecule has 0 rings (SSSR count). The minimum atomic E-state index is -4.26. The van der Waals surface area contributed by atoms with Crippen molar-refractivity contribution in [3.05, 3.63) is 0 Å². The number of ether oxygens (including phenoxy) is 1. The topological polar surface area (TPSA) is 118 Å². The van der Waals surface area contributed by atoms with Gasteiger partial charge in [0, 0.05) is 6.42 Å². The van der Waals surface area contributed by atoms with Crippen LogP contribution < -0.4 is 0 Å². The van der Waals surface area contributed by atoms with Crippen molar-refractivity contribution in [2.45, 2.75) is 181 Å². The number of carboxylic acid groups (broad SMARTS) is 1. The number of carbonyl (C=O) groups is 2. The van der Waals surface area contributed by atoms with Gasteiger partial charge in [-0.2, -0.15) is 8.42 Å². The van der Waals surface area contributed by atoms with E-state index in [1.54, 1.807) is 0 Å². The van der Waals surface area contributed by atoms with Gasteiger partial charge in [0.15, 0.2) is 5.75 Å². The van der Waals surface area contributed by atoms with Gasteiger partial charge < -0.3 is 9.84 Å². The van der Waals surface area contributed by atoms with E-state index in [9.17, 15) is 18.0 Å². The van der Waals surface area contributed by atoms with Crippen LogP contribution in [-0.4, -0.2) is 71.9 Å². The van der Waals surface area contributed by atoms with E-state index >= 15 is 0 Å². The summed E-state index contributed by atoms with van der Waals surface area (Å²) in [4.78, 5) is 21.3. The van der Waals surface area contributed by atoms with Crippen LogP contribution in [0, 0.1) is 0 Å². The number of rotatable bonds is 29. The van der Waals surface area contributed by atoms with Crippen molar-refractivity contribution < 1.29 is 32.4 Å². The summed E-state index contributed by atoms with van der Waals surface area (Å²) in [5.41, 5.74) is 0. The summed E-state index contributed by atoms with van der Waals surface area (Å²) in [6.07, 6.45) is 32.0. The van der Waals surface area contributed by atoms with Gasteiger partial charge in [-0.05, 0) is 12.8 Å². The Hall–Kier alpha value is -0.150. The van der Waals surface area contributed by atoms with E-state index in [4.69, 9.17) is 14.4 Å². The first kappa shape index (κ1) is 45.3. The molecule has 7 nitrogen and oxygen atoms in total. The molecular weight excluding hydrogens is 551 g/mol. The monoisotopic (exact) mass is 616 g/mol. The predicted octanol–water partition coefficient (Wildman–Crippen LogP) is 9.02. The van der Waals surface area contributed by atoms with E-state index < -0.39 is 27.8 Å². The first-order valence-corrected chi connectivity index (χ1v) is 18.2. The molecule has 0 bridgehead atoms. The molecule has 41 heavy (non-hydrogen) atoms. The SMILES string of the molecule is CCCCCCCCCCCCCCCCCC(=O)O.CCCCCCCCCCCCOC(=O)CS(=O)(=O)O.[NaH]. The molecule has 0 amide bonds. The molecule has 2 N–H and O–H groups in total. The summed E-state index contributed by atoms with van der Waals surface area (Å²) >= 11 is 0. The molecular formula is C32H65NaO7S. The van der Waals surface area contributed by atoms with E-state index in [1.807, 2.05) is 0 Å². The summed E-state index contributed by atoms with van der Waals surface area (Å²) in [6, 6.07) is 0. The van der Waals surface area contributed by atoms with Crippen LogP contribution in [-0.2, 0) is 24.4 Å². The molecule has 0 unspecified atom stereocenters. The van der Waals surface area contributed by atoms with Gasteiger partial charge in [-0.25, -0.2) is 0 Å². The number of esters is 1. The molecule has 0 heterocycles. The summed E-state index contributed by atoms with van der Waals surface area (Å²) in [7, 11) is -4.26. The van der Waals surface area contributed by atoms with Gasteiger partial charge in [-0.3, -0.25) is 14.1 Å². The quantitative estimate of drug-likeness (QED) is 0.0372. The van der Waals surface area contributed by atoms with Gasteiger partial charge in [0.05, 0.1) is 6.61 Å². The Morgan fingerprint density at radius 2 is 0.829 bits per heavy atom. The molecule has 9 heteroatoms. The standard InChI is InChI=1S/C18H36O2.C14H28O5S.Na.H/c1-2-3-4-5-6-7-8-9-10-11-12-13-14-15-16-17-18(19)20;1-2-3-4-5-6-7-8-9-10-11-12-19-14(15)13-20(16,17)18;;/h2-17H2,1H3,(H,19,20);2-13H2,1H3,(H,16,17,18);;. The predicted molar refractivity (Wildman–Crippen MR) is 174 cm³/mol. The van der Waals surface area contributed by atoms with Crippen molar-refractivity contribution in [2.75, 3.05) is 12.4 Å². The fourth-order valence-electron chi connectivity index (χ4n) is 4.61. The Morgan fingerprint density at radius 3 is 1.12 bits per heavy atom. The van der Waals surface area contributed by atoms with E-state index in [-0.39, 0.29) is 36.2 Å². The molecule has 0 radical (unpaired) electrons. The van der Waals surface area contributed by atoms with Crippen molar-refractivity contribution in [1.29, 1.82) is 0 Å². The molecule has 0 fully saturated rings. The van der Waals surface area contributed by atoms with Gasteiger partial charge in [0.1, 0.15) is 0 Å². The number of hydrogen-bond donors (Lipinski definition) is 2. The number of carboxylic acids is 1. The van der Waals surface area contributed by atoms with Crippen LogP contribution in [0.15, 0.2) is 0 Å². The number of aliphatic carboxylic acids is 1. The van der Waals surface area contributed by atoms with E-state index in [0.717, 1.165) is 32.1 Å². The Balaban J connectivity index is -0.000000688. The van der Waals surface area contributed by atoms with Crippen molar-refractivity contribution in [3.63, 3.8) is 0 Å². The van der Waals surface area contributed by atoms with Gasteiger partial charge in [-0.15, -0.1) is 0 Å². The van der Waals surface area contributed by atoms with Crippen LogP contribution >= 0.6 is 0 Å². The third kappa shape index (κ3) is 47.0. The van der Waals surface area contributed by atoms with Crippen molar-refractivity contribution in [2.24, 2.45) is 0 Å². The molecule has 0 aromatic carbocycles. The fourth-order valence-corrected chi connectivity index (χ4v) is 4.99. The molecule has 0 aliphatic heterocycles. The molecule has 0 saturated heterocycles. The number of unbranched alkanes of at least 4 members (excludes halogenated alkanes) is 23. The molecule has 0 atom stereocenters. The van der Waals surface area contributed by atoms with Crippen LogP contribution in [0.25, 0.3) is 0 Å². The van der Waals surface area contributed by atoms with Gasteiger partial charge in [0.25, 0.3) is 10.1 Å². The second kappa shape index (κ2) is 36.0.